The van der Waals surface area contributed by atoms with Gasteiger partial charge in [0, 0.05) is 15.6 Å². The third-order valence-corrected chi connectivity index (χ3v) is 2.89. The van der Waals surface area contributed by atoms with Crippen molar-refractivity contribution >= 4 is 15.9 Å². The van der Waals surface area contributed by atoms with E-state index in [1.165, 1.54) is 0 Å². The molecule has 1 nitrogen and oxygen atoms in total. The van der Waals surface area contributed by atoms with Crippen molar-refractivity contribution in [3.05, 3.63) is 64.1 Å². The predicted molar refractivity (Wildman–Crippen MR) is 77.7 cm³/mol. The Kier molecular flexibility index (Phi) is 4.44. The first kappa shape index (κ1) is 12.7. The Labute approximate surface area is 116 Å². The Morgan fingerprint density at radius 1 is 0.889 bits per heavy atom. The molecule has 0 amide bonds. The lowest BCUT2D eigenvalue weighted by molar-refractivity contribution is 0.340. The van der Waals surface area contributed by atoms with Crippen LogP contribution < -0.4 is 4.74 Å². The molecule has 18 heavy (non-hydrogen) atoms. The fourth-order valence-electron chi connectivity index (χ4n) is 1.48. The summed E-state index contributed by atoms with van der Waals surface area (Å²) in [5.74, 6) is 7.14. The second kappa shape index (κ2) is 6.28. The van der Waals surface area contributed by atoms with Gasteiger partial charge in [-0.05, 0) is 55.5 Å². The van der Waals surface area contributed by atoms with Crippen molar-refractivity contribution in [2.45, 2.75) is 6.92 Å². The SMILES string of the molecule is CCOc1ccc(C#Cc2ccc(Br)cc2)cc1. The maximum Gasteiger partial charge on any atom is 0.119 e. The fraction of sp³-hybridized carbons (Fsp3) is 0.125. The molecule has 0 unspecified atom stereocenters. The molecule has 0 fully saturated rings. The van der Waals surface area contributed by atoms with E-state index in [1.54, 1.807) is 0 Å². The highest BCUT2D eigenvalue weighted by Crippen LogP contribution is 2.12. The molecule has 0 bridgehead atoms. The van der Waals surface area contributed by atoms with E-state index in [1.807, 2.05) is 55.5 Å². The molecule has 0 aromatic heterocycles. The van der Waals surface area contributed by atoms with Gasteiger partial charge in [-0.25, -0.2) is 0 Å². The zero-order valence-electron chi connectivity index (χ0n) is 10.1. The van der Waals surface area contributed by atoms with Gasteiger partial charge in [-0.2, -0.15) is 0 Å². The lowest BCUT2D eigenvalue weighted by atomic mass is 10.2. The van der Waals surface area contributed by atoms with E-state index >= 15 is 0 Å². The van der Waals surface area contributed by atoms with E-state index in [0.29, 0.717) is 6.61 Å². The topological polar surface area (TPSA) is 9.23 Å². The van der Waals surface area contributed by atoms with Crippen molar-refractivity contribution in [2.24, 2.45) is 0 Å². The molecule has 0 aliphatic rings. The molecule has 0 atom stereocenters. The van der Waals surface area contributed by atoms with E-state index in [4.69, 9.17) is 4.74 Å². The number of benzene rings is 2. The molecule has 2 rings (SSSR count). The fourth-order valence-corrected chi connectivity index (χ4v) is 1.74. The number of halogens is 1. The third-order valence-electron chi connectivity index (χ3n) is 2.36. The van der Waals surface area contributed by atoms with Gasteiger partial charge >= 0.3 is 0 Å². The van der Waals surface area contributed by atoms with E-state index in [0.717, 1.165) is 21.3 Å². The highest BCUT2D eigenvalue weighted by atomic mass is 79.9. The molecule has 2 heteroatoms. The largest absolute Gasteiger partial charge is 0.494 e. The summed E-state index contributed by atoms with van der Waals surface area (Å²) in [5, 5.41) is 0. The minimum absolute atomic E-state index is 0.684. The van der Waals surface area contributed by atoms with E-state index < -0.39 is 0 Å². The molecule has 0 saturated carbocycles. The van der Waals surface area contributed by atoms with Gasteiger partial charge < -0.3 is 4.74 Å². The van der Waals surface area contributed by atoms with Crippen LogP contribution >= 0.6 is 15.9 Å². The van der Waals surface area contributed by atoms with E-state index in [-0.39, 0.29) is 0 Å². The van der Waals surface area contributed by atoms with E-state index in [9.17, 15) is 0 Å². The summed E-state index contributed by atoms with van der Waals surface area (Å²) in [6, 6.07) is 15.8. The van der Waals surface area contributed by atoms with Crippen molar-refractivity contribution in [3.8, 4) is 17.6 Å². The summed E-state index contributed by atoms with van der Waals surface area (Å²) in [6.07, 6.45) is 0. The minimum atomic E-state index is 0.684. The van der Waals surface area contributed by atoms with Gasteiger partial charge in [0.2, 0.25) is 0 Å². The molecular weight excluding hydrogens is 288 g/mol. The molecular formula is C16H13BrO. The van der Waals surface area contributed by atoms with Crippen molar-refractivity contribution in [3.63, 3.8) is 0 Å². The number of ether oxygens (including phenoxy) is 1. The van der Waals surface area contributed by atoms with Crippen LogP contribution in [-0.2, 0) is 0 Å². The summed E-state index contributed by atoms with van der Waals surface area (Å²) < 4.78 is 6.45. The number of hydrogen-bond acceptors (Lipinski definition) is 1. The second-order valence-electron chi connectivity index (χ2n) is 3.71. The van der Waals surface area contributed by atoms with Crippen molar-refractivity contribution in [1.82, 2.24) is 0 Å². The molecule has 0 aliphatic heterocycles. The van der Waals surface area contributed by atoms with Crippen LogP contribution in [0.1, 0.15) is 18.1 Å². The first-order valence-corrected chi connectivity index (χ1v) is 6.57. The molecule has 0 heterocycles. The monoisotopic (exact) mass is 300 g/mol. The summed E-state index contributed by atoms with van der Waals surface area (Å²) in [7, 11) is 0. The summed E-state index contributed by atoms with van der Waals surface area (Å²) >= 11 is 3.40. The lowest BCUT2D eigenvalue weighted by Gasteiger charge is -2.01. The Hall–Kier alpha value is -1.72. The highest BCUT2D eigenvalue weighted by Gasteiger charge is 1.92. The molecule has 0 radical (unpaired) electrons. The van der Waals surface area contributed by atoms with Gasteiger partial charge in [0.05, 0.1) is 6.61 Å². The van der Waals surface area contributed by atoms with Crippen LogP contribution in [0.25, 0.3) is 0 Å². The molecule has 2 aromatic carbocycles. The quantitative estimate of drug-likeness (QED) is 0.754. The van der Waals surface area contributed by atoms with Crippen LogP contribution in [0.3, 0.4) is 0 Å². The maximum absolute atomic E-state index is 5.38. The average molecular weight is 301 g/mol. The van der Waals surface area contributed by atoms with Gasteiger partial charge in [-0.3, -0.25) is 0 Å². The van der Waals surface area contributed by atoms with Crippen LogP contribution in [0.5, 0.6) is 5.75 Å². The summed E-state index contributed by atoms with van der Waals surface area (Å²) in [4.78, 5) is 0. The first-order valence-electron chi connectivity index (χ1n) is 5.78. The van der Waals surface area contributed by atoms with Gasteiger partial charge in [-0.15, -0.1) is 0 Å². The van der Waals surface area contributed by atoms with Crippen LogP contribution in [0.4, 0.5) is 0 Å². The smallest absolute Gasteiger partial charge is 0.119 e. The van der Waals surface area contributed by atoms with Gasteiger partial charge in [0.1, 0.15) is 5.75 Å². The Morgan fingerprint density at radius 3 is 1.89 bits per heavy atom. The molecule has 0 saturated heterocycles. The predicted octanol–water partition coefficient (Wildman–Crippen LogP) is 4.25. The lowest BCUT2D eigenvalue weighted by Crippen LogP contribution is -1.90. The van der Waals surface area contributed by atoms with Gasteiger partial charge in [0.25, 0.3) is 0 Å². The van der Waals surface area contributed by atoms with E-state index in [2.05, 4.69) is 27.8 Å². The molecule has 2 aromatic rings. The number of hydrogen-bond donors (Lipinski definition) is 0. The zero-order valence-corrected chi connectivity index (χ0v) is 11.7. The van der Waals surface area contributed by atoms with Crippen LogP contribution in [-0.4, -0.2) is 6.61 Å². The van der Waals surface area contributed by atoms with Crippen molar-refractivity contribution in [2.75, 3.05) is 6.61 Å². The Bertz CT molecular complexity index is 559. The molecule has 0 N–H and O–H groups in total. The van der Waals surface area contributed by atoms with Gasteiger partial charge in [-0.1, -0.05) is 27.8 Å². The highest BCUT2D eigenvalue weighted by molar-refractivity contribution is 9.10. The summed E-state index contributed by atoms with van der Waals surface area (Å²) in [5.41, 5.74) is 1.99. The van der Waals surface area contributed by atoms with Crippen molar-refractivity contribution < 1.29 is 4.74 Å². The van der Waals surface area contributed by atoms with Gasteiger partial charge in [0.15, 0.2) is 0 Å². The molecule has 0 spiro atoms. The van der Waals surface area contributed by atoms with Crippen molar-refractivity contribution in [1.29, 1.82) is 0 Å². The Morgan fingerprint density at radius 2 is 1.39 bits per heavy atom. The zero-order chi connectivity index (χ0) is 12.8. The minimum Gasteiger partial charge on any atom is -0.494 e. The normalized spacial score (nSPS) is 9.44. The first-order chi connectivity index (χ1) is 8.78. The third kappa shape index (κ3) is 3.65. The standard InChI is InChI=1S/C16H13BrO/c1-2-18-16-11-7-14(8-12-16)4-3-13-5-9-15(17)10-6-13/h5-12H,2H2,1H3. The van der Waals surface area contributed by atoms with Crippen LogP contribution in [0, 0.1) is 11.8 Å². The number of rotatable bonds is 2. The van der Waals surface area contributed by atoms with Crippen LogP contribution in [0.2, 0.25) is 0 Å². The molecule has 0 aliphatic carbocycles. The molecule has 90 valence electrons. The van der Waals surface area contributed by atoms with Crippen LogP contribution in [0.15, 0.2) is 53.0 Å². The average Bonchev–Trinajstić information content (AvgIpc) is 2.40. The Balaban J connectivity index is 2.12. The maximum atomic E-state index is 5.38. The second-order valence-corrected chi connectivity index (χ2v) is 4.63. The summed E-state index contributed by atoms with van der Waals surface area (Å²) in [6.45, 7) is 2.66.